The van der Waals surface area contributed by atoms with E-state index in [1.165, 1.54) is 11.3 Å². The van der Waals surface area contributed by atoms with Crippen LogP contribution >= 0.6 is 22.9 Å². The maximum Gasteiger partial charge on any atom is 0.203 e. The first-order valence-electron chi connectivity index (χ1n) is 6.83. The summed E-state index contributed by atoms with van der Waals surface area (Å²) >= 11 is 7.20. The average molecular weight is 330 g/mol. The van der Waals surface area contributed by atoms with Crippen LogP contribution in [0.25, 0.3) is 6.08 Å². The molecule has 22 heavy (non-hydrogen) atoms. The fourth-order valence-corrected chi connectivity index (χ4v) is 2.98. The number of allylic oxidation sites excluding steroid dienone is 1. The number of Topliss-reactive ketones (excluding diaryl/α,β-unsaturated/α-hetero) is 1. The molecule has 0 aliphatic heterocycles. The van der Waals surface area contributed by atoms with Crippen molar-refractivity contribution in [3.05, 3.63) is 62.3 Å². The summed E-state index contributed by atoms with van der Waals surface area (Å²) in [6.45, 7) is 6.35. The molecule has 0 saturated heterocycles. The van der Waals surface area contributed by atoms with Crippen molar-refractivity contribution in [3.8, 4) is 6.07 Å². The fraction of sp³-hybridized carbons (Fsp3) is 0.222. The smallest absolute Gasteiger partial charge is 0.203 e. The first-order chi connectivity index (χ1) is 10.3. The third-order valence-corrected chi connectivity index (χ3v) is 4.44. The molecular weight excluding hydrogens is 314 g/mol. The lowest BCUT2D eigenvalue weighted by Crippen LogP contribution is -2.11. The molecule has 0 aliphatic rings. The number of benzene rings is 1. The van der Waals surface area contributed by atoms with Gasteiger partial charge < -0.3 is 0 Å². The first-order valence-corrected chi connectivity index (χ1v) is 8.03. The Balaban J connectivity index is 2.30. The van der Waals surface area contributed by atoms with E-state index in [1.54, 1.807) is 30.3 Å². The number of thiophene rings is 1. The Bertz CT molecular complexity index is 758. The largest absolute Gasteiger partial charge is 0.288 e. The van der Waals surface area contributed by atoms with E-state index in [4.69, 9.17) is 11.6 Å². The molecule has 1 aromatic heterocycles. The number of halogens is 1. The maximum atomic E-state index is 12.4. The summed E-state index contributed by atoms with van der Waals surface area (Å²) in [7, 11) is 0. The topological polar surface area (TPSA) is 40.9 Å². The Kier molecular flexibility index (Phi) is 4.85. The van der Waals surface area contributed by atoms with Crippen molar-refractivity contribution in [3.63, 3.8) is 0 Å². The lowest BCUT2D eigenvalue weighted by atomic mass is 9.86. The van der Waals surface area contributed by atoms with E-state index >= 15 is 0 Å². The second kappa shape index (κ2) is 6.48. The molecule has 1 heterocycles. The second-order valence-electron chi connectivity index (χ2n) is 5.97. The normalized spacial score (nSPS) is 12.0. The average Bonchev–Trinajstić information content (AvgIpc) is 2.88. The van der Waals surface area contributed by atoms with Crippen molar-refractivity contribution >= 4 is 34.8 Å². The van der Waals surface area contributed by atoms with Crippen molar-refractivity contribution in [2.24, 2.45) is 0 Å². The van der Waals surface area contributed by atoms with E-state index in [2.05, 4.69) is 20.8 Å². The van der Waals surface area contributed by atoms with Crippen molar-refractivity contribution < 1.29 is 4.79 Å². The minimum atomic E-state index is -0.271. The lowest BCUT2D eigenvalue weighted by Gasteiger charge is -2.18. The lowest BCUT2D eigenvalue weighted by molar-refractivity contribution is 0.104. The van der Waals surface area contributed by atoms with Gasteiger partial charge in [0.2, 0.25) is 5.78 Å². The molecule has 0 saturated carbocycles. The molecule has 0 N–H and O–H groups in total. The molecule has 2 rings (SSSR count). The van der Waals surface area contributed by atoms with Crippen LogP contribution in [0.4, 0.5) is 0 Å². The predicted molar refractivity (Wildman–Crippen MR) is 92.4 cm³/mol. The maximum absolute atomic E-state index is 12.4. The van der Waals surface area contributed by atoms with Crippen LogP contribution in [0, 0.1) is 11.3 Å². The van der Waals surface area contributed by atoms with Gasteiger partial charge in [0.05, 0.1) is 4.34 Å². The van der Waals surface area contributed by atoms with Crippen LogP contribution in [0.1, 0.15) is 41.6 Å². The summed E-state index contributed by atoms with van der Waals surface area (Å²) in [4.78, 5) is 13.2. The number of hydrogen-bond acceptors (Lipinski definition) is 3. The number of rotatable bonds is 3. The van der Waals surface area contributed by atoms with E-state index in [9.17, 15) is 10.1 Å². The fourth-order valence-electron chi connectivity index (χ4n) is 1.97. The second-order valence-corrected chi connectivity index (χ2v) is 7.71. The van der Waals surface area contributed by atoms with Gasteiger partial charge in [-0.1, -0.05) is 56.6 Å². The van der Waals surface area contributed by atoms with Gasteiger partial charge in [-0.3, -0.25) is 4.79 Å². The zero-order valence-corrected chi connectivity index (χ0v) is 14.3. The predicted octanol–water partition coefficient (Wildman–Crippen LogP) is 5.49. The van der Waals surface area contributed by atoms with Gasteiger partial charge in [-0.2, -0.15) is 5.26 Å². The van der Waals surface area contributed by atoms with Crippen molar-refractivity contribution in [2.75, 3.05) is 0 Å². The molecule has 0 amide bonds. The standard InChI is InChI=1S/C18H16ClNOS/c1-18(2,3)14-6-4-12(5-7-14)17(21)13(11-20)10-15-8-9-16(19)22-15/h4-10H,1-3H3/b13-10+. The van der Waals surface area contributed by atoms with Crippen LogP contribution < -0.4 is 0 Å². The number of hydrogen-bond donors (Lipinski definition) is 0. The van der Waals surface area contributed by atoms with Crippen molar-refractivity contribution in [1.29, 1.82) is 5.26 Å². The van der Waals surface area contributed by atoms with Gasteiger partial charge in [0, 0.05) is 10.4 Å². The molecule has 2 nitrogen and oxygen atoms in total. The van der Waals surface area contributed by atoms with Gasteiger partial charge >= 0.3 is 0 Å². The van der Waals surface area contributed by atoms with E-state index in [-0.39, 0.29) is 16.8 Å². The van der Waals surface area contributed by atoms with E-state index in [0.29, 0.717) is 9.90 Å². The Morgan fingerprint density at radius 2 is 1.82 bits per heavy atom. The minimum absolute atomic E-state index is 0.0309. The molecular formula is C18H16ClNOS. The molecule has 0 radical (unpaired) electrons. The van der Waals surface area contributed by atoms with E-state index in [0.717, 1.165) is 10.4 Å². The van der Waals surface area contributed by atoms with Gasteiger partial charge in [0.15, 0.2) is 0 Å². The summed E-state index contributed by atoms with van der Waals surface area (Å²) in [5, 5.41) is 9.24. The molecule has 2 aromatic rings. The number of nitrogens with zero attached hydrogens (tertiary/aromatic N) is 1. The highest BCUT2D eigenvalue weighted by atomic mass is 35.5. The first kappa shape index (κ1) is 16.5. The minimum Gasteiger partial charge on any atom is -0.288 e. The van der Waals surface area contributed by atoms with Gasteiger partial charge in [0.25, 0.3) is 0 Å². The van der Waals surface area contributed by atoms with Gasteiger partial charge in [0.1, 0.15) is 11.6 Å². The Hall–Kier alpha value is -1.89. The summed E-state index contributed by atoms with van der Waals surface area (Å²) < 4.78 is 0.630. The van der Waals surface area contributed by atoms with Gasteiger partial charge in [-0.25, -0.2) is 0 Å². The Morgan fingerprint density at radius 1 is 1.18 bits per heavy atom. The third-order valence-electron chi connectivity index (χ3n) is 3.26. The molecule has 112 valence electrons. The SMILES string of the molecule is CC(C)(C)c1ccc(C(=O)/C(C#N)=C/c2ccc(Cl)s2)cc1. The number of ketones is 1. The number of carbonyl (C=O) groups is 1. The van der Waals surface area contributed by atoms with Gasteiger partial charge in [-0.15, -0.1) is 11.3 Å². The highest BCUT2D eigenvalue weighted by Gasteiger charge is 2.16. The van der Waals surface area contributed by atoms with E-state index in [1.807, 2.05) is 18.2 Å². The molecule has 0 aliphatic carbocycles. The molecule has 4 heteroatoms. The van der Waals surface area contributed by atoms with Crippen LogP contribution in [0.15, 0.2) is 42.0 Å². The molecule has 0 unspecified atom stereocenters. The van der Waals surface area contributed by atoms with Gasteiger partial charge in [-0.05, 0) is 29.2 Å². The molecule has 0 spiro atoms. The van der Waals surface area contributed by atoms with Crippen LogP contribution in [0.3, 0.4) is 0 Å². The highest BCUT2D eigenvalue weighted by molar-refractivity contribution is 7.17. The summed E-state index contributed by atoms with van der Waals surface area (Å²) in [5.41, 5.74) is 1.81. The Labute approximate surface area is 139 Å². The molecule has 0 bridgehead atoms. The quantitative estimate of drug-likeness (QED) is 0.424. The zero-order chi connectivity index (χ0) is 16.3. The third kappa shape index (κ3) is 3.85. The molecule has 0 atom stereocenters. The van der Waals surface area contributed by atoms with Crippen LogP contribution in [0.5, 0.6) is 0 Å². The number of nitriles is 1. The van der Waals surface area contributed by atoms with Crippen LogP contribution in [-0.2, 0) is 5.41 Å². The monoisotopic (exact) mass is 329 g/mol. The zero-order valence-electron chi connectivity index (χ0n) is 12.7. The van der Waals surface area contributed by atoms with Crippen molar-refractivity contribution in [2.45, 2.75) is 26.2 Å². The molecule has 1 aromatic carbocycles. The highest BCUT2D eigenvalue weighted by Crippen LogP contribution is 2.25. The Morgan fingerprint density at radius 3 is 2.27 bits per heavy atom. The van der Waals surface area contributed by atoms with Crippen LogP contribution in [0.2, 0.25) is 4.34 Å². The summed E-state index contributed by atoms with van der Waals surface area (Å²) in [5.74, 6) is -0.271. The molecule has 0 fully saturated rings. The van der Waals surface area contributed by atoms with Crippen molar-refractivity contribution in [1.82, 2.24) is 0 Å². The van der Waals surface area contributed by atoms with Crippen LogP contribution in [-0.4, -0.2) is 5.78 Å². The summed E-state index contributed by atoms with van der Waals surface area (Å²) in [6.07, 6.45) is 1.58. The summed E-state index contributed by atoms with van der Waals surface area (Å²) in [6, 6.07) is 12.9. The number of carbonyl (C=O) groups excluding carboxylic acids is 1. The van der Waals surface area contributed by atoms with E-state index < -0.39 is 0 Å².